The van der Waals surface area contributed by atoms with Crippen molar-refractivity contribution in [1.82, 2.24) is 0 Å². The highest BCUT2D eigenvalue weighted by atomic mass is 32.2. The molecule has 0 bridgehead atoms. The Labute approximate surface area is 155 Å². The van der Waals surface area contributed by atoms with Crippen LogP contribution >= 0.6 is 23.1 Å². The first kappa shape index (κ1) is 19.3. The summed E-state index contributed by atoms with van der Waals surface area (Å²) < 4.78 is 11.0. The minimum atomic E-state index is -0.451. The van der Waals surface area contributed by atoms with Gasteiger partial charge >= 0.3 is 11.9 Å². The number of carbonyl (C=O) groups excluding carboxylic acids is 2. The van der Waals surface area contributed by atoms with Crippen LogP contribution in [0.15, 0.2) is 28.5 Å². The molecule has 0 radical (unpaired) electrons. The second kappa shape index (κ2) is 8.92. The van der Waals surface area contributed by atoms with Crippen molar-refractivity contribution in [3.63, 3.8) is 0 Å². The van der Waals surface area contributed by atoms with E-state index in [9.17, 15) is 9.59 Å². The Morgan fingerprint density at radius 2 is 1.68 bits per heavy atom. The quantitative estimate of drug-likeness (QED) is 0.547. The van der Waals surface area contributed by atoms with Crippen LogP contribution in [0.1, 0.15) is 39.4 Å². The van der Waals surface area contributed by atoms with Crippen molar-refractivity contribution in [2.24, 2.45) is 0 Å². The zero-order valence-electron chi connectivity index (χ0n) is 14.7. The van der Waals surface area contributed by atoms with E-state index >= 15 is 0 Å². The fourth-order valence-electron chi connectivity index (χ4n) is 2.18. The van der Waals surface area contributed by atoms with Crippen molar-refractivity contribution in [1.29, 1.82) is 0 Å². The van der Waals surface area contributed by atoms with E-state index in [1.54, 1.807) is 13.8 Å². The lowest BCUT2D eigenvalue weighted by atomic mass is 10.2. The molecule has 0 amide bonds. The largest absolute Gasteiger partial charge is 0.462 e. The van der Waals surface area contributed by atoms with Crippen LogP contribution in [0.3, 0.4) is 0 Å². The highest BCUT2D eigenvalue weighted by molar-refractivity contribution is 8.00. The molecule has 1 aromatic heterocycles. The second-order valence-corrected chi connectivity index (χ2v) is 7.20. The number of anilines is 2. The van der Waals surface area contributed by atoms with E-state index in [0.29, 0.717) is 16.1 Å². The van der Waals surface area contributed by atoms with E-state index in [4.69, 9.17) is 9.47 Å². The van der Waals surface area contributed by atoms with Crippen LogP contribution in [0.25, 0.3) is 0 Å². The molecule has 1 N–H and O–H groups in total. The van der Waals surface area contributed by atoms with Gasteiger partial charge in [0.2, 0.25) is 0 Å². The maximum absolute atomic E-state index is 12.5. The Hall–Kier alpha value is -1.99. The van der Waals surface area contributed by atoms with Crippen LogP contribution in [-0.2, 0) is 9.47 Å². The van der Waals surface area contributed by atoms with Crippen molar-refractivity contribution in [3.8, 4) is 0 Å². The van der Waals surface area contributed by atoms with E-state index in [-0.39, 0.29) is 13.2 Å². The molecular weight excluding hydrogens is 358 g/mol. The number of hydrogen-bond acceptors (Lipinski definition) is 7. The maximum atomic E-state index is 12.5. The number of thiophene rings is 1. The second-order valence-electron chi connectivity index (χ2n) is 5.10. The normalized spacial score (nSPS) is 10.4. The highest BCUT2D eigenvalue weighted by Crippen LogP contribution is 2.41. The average molecular weight is 380 g/mol. The van der Waals surface area contributed by atoms with Gasteiger partial charge in [-0.2, -0.15) is 0 Å². The molecule has 7 heteroatoms. The fourth-order valence-corrected chi connectivity index (χ4v) is 4.03. The number of ether oxygens (including phenoxy) is 2. The summed E-state index contributed by atoms with van der Waals surface area (Å²) in [4.78, 5) is 25.2. The van der Waals surface area contributed by atoms with E-state index in [0.717, 1.165) is 15.5 Å². The number of aryl methyl sites for hydroxylation is 1. The molecular formula is C18H21NO4S2. The van der Waals surface area contributed by atoms with Gasteiger partial charge < -0.3 is 14.8 Å². The number of rotatable bonds is 7. The number of esters is 2. The number of nitrogens with one attached hydrogen (secondary N) is 1. The first-order chi connectivity index (χ1) is 12.0. The predicted molar refractivity (Wildman–Crippen MR) is 102 cm³/mol. The third kappa shape index (κ3) is 4.55. The van der Waals surface area contributed by atoms with Crippen LogP contribution in [-0.4, -0.2) is 31.4 Å². The lowest BCUT2D eigenvalue weighted by molar-refractivity contribution is 0.0524. The molecule has 0 unspecified atom stereocenters. The summed E-state index contributed by atoms with van der Waals surface area (Å²) in [6.45, 7) is 6.03. The highest BCUT2D eigenvalue weighted by Gasteiger charge is 2.28. The molecule has 1 aromatic carbocycles. The van der Waals surface area contributed by atoms with Crippen LogP contribution in [0, 0.1) is 6.92 Å². The van der Waals surface area contributed by atoms with Gasteiger partial charge in [-0.25, -0.2) is 9.59 Å². The molecule has 0 saturated carbocycles. The molecule has 0 saturated heterocycles. The lowest BCUT2D eigenvalue weighted by Crippen LogP contribution is -2.10. The van der Waals surface area contributed by atoms with Gasteiger partial charge in [-0.3, -0.25) is 0 Å². The summed E-state index contributed by atoms with van der Waals surface area (Å²) in [5, 5.41) is 3.20. The molecule has 1 heterocycles. The topological polar surface area (TPSA) is 64.6 Å². The van der Waals surface area contributed by atoms with E-state index in [2.05, 4.69) is 5.32 Å². The van der Waals surface area contributed by atoms with E-state index < -0.39 is 11.9 Å². The Kier molecular flexibility index (Phi) is 6.90. The average Bonchev–Trinajstić information content (AvgIpc) is 2.96. The molecule has 0 aliphatic carbocycles. The molecule has 0 spiro atoms. The molecule has 2 rings (SSSR count). The minimum absolute atomic E-state index is 0.265. The lowest BCUT2D eigenvalue weighted by Gasteiger charge is -2.11. The summed E-state index contributed by atoms with van der Waals surface area (Å²) >= 11 is 2.64. The van der Waals surface area contributed by atoms with Crippen molar-refractivity contribution < 1.29 is 19.1 Å². The van der Waals surface area contributed by atoms with Gasteiger partial charge in [0, 0.05) is 5.69 Å². The number of carbonyl (C=O) groups is 2. The van der Waals surface area contributed by atoms with Crippen LogP contribution in [0.2, 0.25) is 0 Å². The summed E-state index contributed by atoms with van der Waals surface area (Å²) in [6, 6.07) is 7.71. The third-order valence-corrected chi connectivity index (χ3v) is 5.61. The number of thioether (sulfide) groups is 1. The van der Waals surface area contributed by atoms with Crippen LogP contribution in [0.4, 0.5) is 11.4 Å². The molecule has 134 valence electrons. The molecule has 0 atom stereocenters. The van der Waals surface area contributed by atoms with Crippen molar-refractivity contribution >= 4 is 46.4 Å². The number of benzene rings is 1. The summed E-state index contributed by atoms with van der Waals surface area (Å²) in [5.41, 5.74) is 2.72. The Morgan fingerprint density at radius 1 is 1.08 bits per heavy atom. The molecule has 0 fully saturated rings. The molecule has 0 aliphatic rings. The monoisotopic (exact) mass is 379 g/mol. The molecule has 5 nitrogen and oxygen atoms in total. The zero-order valence-corrected chi connectivity index (χ0v) is 16.3. The van der Waals surface area contributed by atoms with E-state index in [1.165, 1.54) is 23.1 Å². The maximum Gasteiger partial charge on any atom is 0.350 e. The van der Waals surface area contributed by atoms with Crippen LogP contribution < -0.4 is 5.32 Å². The Morgan fingerprint density at radius 3 is 2.24 bits per heavy atom. The Bertz CT molecular complexity index is 753. The molecule has 25 heavy (non-hydrogen) atoms. The summed E-state index contributed by atoms with van der Waals surface area (Å²) in [7, 11) is 0. The van der Waals surface area contributed by atoms with Crippen LogP contribution in [0.5, 0.6) is 0 Å². The van der Waals surface area contributed by atoms with Gasteiger partial charge in [-0.1, -0.05) is 17.7 Å². The van der Waals surface area contributed by atoms with Gasteiger partial charge in [0.15, 0.2) is 0 Å². The molecule has 0 aliphatic heterocycles. The Balaban J connectivity index is 2.54. The first-order valence-corrected chi connectivity index (χ1v) is 9.94. The third-order valence-electron chi connectivity index (χ3n) is 3.32. The van der Waals surface area contributed by atoms with Crippen molar-refractivity contribution in [3.05, 3.63) is 40.3 Å². The van der Waals surface area contributed by atoms with Gasteiger partial charge in [0.05, 0.1) is 23.1 Å². The summed E-state index contributed by atoms with van der Waals surface area (Å²) in [6.07, 6.45) is 1.86. The smallest absolute Gasteiger partial charge is 0.350 e. The standard InChI is InChI=1S/C18H21NO4S2/c1-5-22-16(20)13-14(19-12-9-7-11(3)8-10-12)15(17(21)23-6-2)25-18(13)24-4/h7-10,19H,5-6H2,1-4H3. The van der Waals surface area contributed by atoms with Gasteiger partial charge in [0.1, 0.15) is 10.4 Å². The van der Waals surface area contributed by atoms with E-state index in [1.807, 2.05) is 37.4 Å². The fraction of sp³-hybridized carbons (Fsp3) is 0.333. The van der Waals surface area contributed by atoms with Crippen molar-refractivity contribution in [2.45, 2.75) is 25.0 Å². The number of hydrogen-bond donors (Lipinski definition) is 1. The van der Waals surface area contributed by atoms with Gasteiger partial charge in [-0.05, 0) is 39.2 Å². The zero-order chi connectivity index (χ0) is 18.4. The van der Waals surface area contributed by atoms with Crippen molar-refractivity contribution in [2.75, 3.05) is 24.8 Å². The SMILES string of the molecule is CCOC(=O)c1sc(SC)c(C(=O)OCC)c1Nc1ccc(C)cc1. The predicted octanol–water partition coefficient (Wildman–Crippen LogP) is 4.88. The van der Waals surface area contributed by atoms with Gasteiger partial charge in [-0.15, -0.1) is 23.1 Å². The summed E-state index contributed by atoms with van der Waals surface area (Å²) in [5.74, 6) is -0.902. The minimum Gasteiger partial charge on any atom is -0.462 e. The molecule has 2 aromatic rings. The van der Waals surface area contributed by atoms with Gasteiger partial charge in [0.25, 0.3) is 0 Å². The first-order valence-electron chi connectivity index (χ1n) is 7.90.